The van der Waals surface area contributed by atoms with Crippen molar-refractivity contribution in [1.29, 1.82) is 0 Å². The molecule has 0 bridgehead atoms. The number of ether oxygens (including phenoxy) is 1. The number of nitrogens with zero attached hydrogens (tertiary/aromatic N) is 1. The zero-order valence-corrected chi connectivity index (χ0v) is 17.5. The Hall–Kier alpha value is -3.63. The normalized spacial score (nSPS) is 14.1. The molecular weight excluding hydrogens is 400 g/mol. The molecule has 0 saturated heterocycles. The van der Waals surface area contributed by atoms with Crippen LogP contribution in [0.1, 0.15) is 19.4 Å². The highest BCUT2D eigenvalue weighted by atomic mass is 16.5. The summed E-state index contributed by atoms with van der Waals surface area (Å²) in [5, 5.41) is 15.7. The second-order valence-corrected chi connectivity index (χ2v) is 6.66. The van der Waals surface area contributed by atoms with Crippen LogP contribution in [0.5, 0.6) is 0 Å². The van der Waals surface area contributed by atoms with Gasteiger partial charge in [0.2, 0.25) is 5.96 Å². The van der Waals surface area contributed by atoms with Crippen LogP contribution in [0.4, 0.5) is 0 Å². The van der Waals surface area contributed by atoms with Gasteiger partial charge in [0.15, 0.2) is 0 Å². The molecule has 10 nitrogen and oxygen atoms in total. The second kappa shape index (κ2) is 12.2. The molecule has 0 aliphatic carbocycles. The number of nitrogens with one attached hydrogen (secondary N) is 4. The van der Waals surface area contributed by atoms with Gasteiger partial charge in [0.05, 0.1) is 6.61 Å². The average Bonchev–Trinajstić information content (AvgIpc) is 3.26. The summed E-state index contributed by atoms with van der Waals surface area (Å²) >= 11 is 0. The smallest absolute Gasteiger partial charge is 0.322 e. The molecule has 0 spiro atoms. The standard InChI is InChI=1S/C20H23NO4.CH5N5/c1-3-25-20(24)14(2)21-18(19(22)23)13-15-9-11-17(12-10-15)16-7-5-4-6-8-16;2-1-3-5-6-4-1/h4-12,14,18,21H,3,13H2,1-2H3,(H,22,23);5-6H,(H3,2,3,4)/t14-,18-;/m0./s1. The zero-order valence-electron chi connectivity index (χ0n) is 17.5. The van der Waals surface area contributed by atoms with E-state index < -0.39 is 24.0 Å². The van der Waals surface area contributed by atoms with Crippen LogP contribution in [-0.2, 0) is 20.7 Å². The third-order valence-electron chi connectivity index (χ3n) is 4.31. The second-order valence-electron chi connectivity index (χ2n) is 6.66. The fourth-order valence-electron chi connectivity index (χ4n) is 2.76. The molecule has 7 N–H and O–H groups in total. The fourth-order valence-corrected chi connectivity index (χ4v) is 2.76. The number of carboxylic acids is 1. The number of benzene rings is 2. The van der Waals surface area contributed by atoms with Crippen LogP contribution in [0.25, 0.3) is 11.1 Å². The summed E-state index contributed by atoms with van der Waals surface area (Å²) in [7, 11) is 0. The number of guanidine groups is 1. The Morgan fingerprint density at radius 3 is 2.26 bits per heavy atom. The lowest BCUT2D eigenvalue weighted by Crippen LogP contribution is -2.47. The molecule has 0 unspecified atom stereocenters. The molecule has 166 valence electrons. The van der Waals surface area contributed by atoms with Crippen LogP contribution in [0, 0.1) is 0 Å². The van der Waals surface area contributed by atoms with Gasteiger partial charge in [0, 0.05) is 0 Å². The first-order valence-electron chi connectivity index (χ1n) is 9.79. The average molecular weight is 428 g/mol. The molecule has 2 atom stereocenters. The topological polar surface area (TPSA) is 150 Å². The molecule has 1 aliphatic heterocycles. The SMILES string of the molecule is CCOC(=O)[C@H](C)N[C@@H](Cc1ccc(-c2ccccc2)cc1)C(=O)O.NC1=NNNN1. The van der Waals surface area contributed by atoms with Gasteiger partial charge in [-0.2, -0.15) is 0 Å². The summed E-state index contributed by atoms with van der Waals surface area (Å²) < 4.78 is 4.90. The number of esters is 1. The molecule has 31 heavy (non-hydrogen) atoms. The third-order valence-corrected chi connectivity index (χ3v) is 4.31. The molecule has 0 radical (unpaired) electrons. The van der Waals surface area contributed by atoms with Gasteiger partial charge in [-0.3, -0.25) is 20.3 Å². The highest BCUT2D eigenvalue weighted by Crippen LogP contribution is 2.19. The lowest BCUT2D eigenvalue weighted by atomic mass is 10.0. The van der Waals surface area contributed by atoms with Crippen molar-refractivity contribution in [2.24, 2.45) is 10.8 Å². The van der Waals surface area contributed by atoms with Gasteiger partial charge < -0.3 is 15.6 Å². The Labute approximate surface area is 180 Å². The Morgan fingerprint density at radius 1 is 1.13 bits per heavy atom. The predicted molar refractivity (Wildman–Crippen MR) is 117 cm³/mol. The number of aliphatic carboxylic acids is 1. The molecule has 1 aliphatic rings. The first kappa shape index (κ1) is 23.6. The molecule has 10 heteroatoms. The van der Waals surface area contributed by atoms with Gasteiger partial charge in [-0.05, 0) is 37.0 Å². The maximum absolute atomic E-state index is 11.7. The summed E-state index contributed by atoms with van der Waals surface area (Å²) in [5.74, 6) is -1.09. The van der Waals surface area contributed by atoms with Crippen molar-refractivity contribution in [3.63, 3.8) is 0 Å². The van der Waals surface area contributed by atoms with Gasteiger partial charge in [0.1, 0.15) is 12.1 Å². The van der Waals surface area contributed by atoms with E-state index in [9.17, 15) is 14.7 Å². The van der Waals surface area contributed by atoms with Crippen LogP contribution in [0.2, 0.25) is 0 Å². The van der Waals surface area contributed by atoms with E-state index in [0.29, 0.717) is 5.96 Å². The van der Waals surface area contributed by atoms with E-state index in [1.54, 1.807) is 13.8 Å². The molecule has 0 amide bonds. The molecule has 0 fully saturated rings. The van der Waals surface area contributed by atoms with Crippen molar-refractivity contribution >= 4 is 17.9 Å². The van der Waals surface area contributed by atoms with Crippen molar-refractivity contribution in [2.75, 3.05) is 6.61 Å². The van der Waals surface area contributed by atoms with Crippen molar-refractivity contribution < 1.29 is 19.4 Å². The van der Waals surface area contributed by atoms with Crippen molar-refractivity contribution in [3.8, 4) is 11.1 Å². The molecule has 1 heterocycles. The Balaban J connectivity index is 0.000000488. The fraction of sp³-hybridized carbons (Fsp3) is 0.286. The summed E-state index contributed by atoms with van der Waals surface area (Å²) in [6.07, 6.45) is 0.286. The van der Waals surface area contributed by atoms with E-state index in [1.807, 2.05) is 54.6 Å². The number of hydrogen-bond donors (Lipinski definition) is 6. The molecule has 3 rings (SSSR count). The number of carbonyl (C=O) groups excluding carboxylic acids is 1. The van der Waals surface area contributed by atoms with Gasteiger partial charge in [-0.25, -0.2) is 5.53 Å². The maximum Gasteiger partial charge on any atom is 0.322 e. The molecular formula is C21H28N6O4. The number of hydrazone groups is 1. The summed E-state index contributed by atoms with van der Waals surface area (Å²) in [6.45, 7) is 3.59. The minimum absolute atomic E-state index is 0.267. The number of carboxylic acid groups (broad SMARTS) is 1. The first-order valence-corrected chi connectivity index (χ1v) is 9.79. The van der Waals surface area contributed by atoms with Gasteiger partial charge in [0.25, 0.3) is 0 Å². The third kappa shape index (κ3) is 7.96. The first-order chi connectivity index (χ1) is 14.9. The molecule has 2 aromatic carbocycles. The Kier molecular flexibility index (Phi) is 9.27. The van der Waals surface area contributed by atoms with E-state index in [1.165, 1.54) is 0 Å². The predicted octanol–water partition coefficient (Wildman–Crippen LogP) is 0.719. The van der Waals surface area contributed by atoms with E-state index in [-0.39, 0.29) is 13.0 Å². The van der Waals surface area contributed by atoms with Gasteiger partial charge in [-0.1, -0.05) is 54.6 Å². The largest absolute Gasteiger partial charge is 0.480 e. The minimum Gasteiger partial charge on any atom is -0.480 e. The van der Waals surface area contributed by atoms with Crippen LogP contribution < -0.4 is 27.5 Å². The zero-order chi connectivity index (χ0) is 22.6. The number of hydrazine groups is 2. The Morgan fingerprint density at radius 2 is 1.77 bits per heavy atom. The quantitative estimate of drug-likeness (QED) is 0.334. The van der Waals surface area contributed by atoms with Gasteiger partial charge >= 0.3 is 11.9 Å². The van der Waals surface area contributed by atoms with Crippen molar-refractivity contribution in [2.45, 2.75) is 32.4 Å². The number of nitrogens with two attached hydrogens (primary N) is 1. The van der Waals surface area contributed by atoms with E-state index in [4.69, 9.17) is 10.5 Å². The van der Waals surface area contributed by atoms with Crippen molar-refractivity contribution in [3.05, 3.63) is 60.2 Å². The van der Waals surface area contributed by atoms with E-state index >= 15 is 0 Å². The highest BCUT2D eigenvalue weighted by molar-refractivity contribution is 5.79. The van der Waals surface area contributed by atoms with Crippen molar-refractivity contribution in [1.82, 2.24) is 21.8 Å². The van der Waals surface area contributed by atoms with Crippen LogP contribution >= 0.6 is 0 Å². The Bertz CT molecular complexity index is 873. The number of carbonyl (C=O) groups is 2. The number of rotatable bonds is 8. The summed E-state index contributed by atoms with van der Waals surface area (Å²) in [5.41, 5.74) is 15.4. The van der Waals surface area contributed by atoms with Gasteiger partial charge in [-0.15, -0.1) is 10.6 Å². The van der Waals surface area contributed by atoms with Crippen LogP contribution in [0.3, 0.4) is 0 Å². The summed E-state index contributed by atoms with van der Waals surface area (Å²) in [6, 6.07) is 16.2. The van der Waals surface area contributed by atoms with E-state index in [0.717, 1.165) is 16.7 Å². The van der Waals surface area contributed by atoms with Crippen LogP contribution in [-0.4, -0.2) is 41.7 Å². The van der Waals surface area contributed by atoms with E-state index in [2.05, 4.69) is 26.9 Å². The molecule has 0 saturated carbocycles. The highest BCUT2D eigenvalue weighted by Gasteiger charge is 2.24. The molecule has 2 aromatic rings. The lowest BCUT2D eigenvalue weighted by Gasteiger charge is -2.19. The molecule has 0 aromatic heterocycles. The van der Waals surface area contributed by atoms with Crippen LogP contribution in [0.15, 0.2) is 59.7 Å². The maximum atomic E-state index is 11.7. The monoisotopic (exact) mass is 428 g/mol. The minimum atomic E-state index is -0.997. The lowest BCUT2D eigenvalue weighted by molar-refractivity contribution is -0.146. The summed E-state index contributed by atoms with van der Waals surface area (Å²) in [4.78, 5) is 23.2. The number of hydrogen-bond acceptors (Lipinski definition) is 9.